The Balaban J connectivity index is 1.92. The molecule has 0 bridgehead atoms. The van der Waals surface area contributed by atoms with Crippen LogP contribution < -0.4 is 0 Å². The van der Waals surface area contributed by atoms with E-state index in [0.29, 0.717) is 5.16 Å². The van der Waals surface area contributed by atoms with Crippen molar-refractivity contribution < 1.29 is 0 Å². The summed E-state index contributed by atoms with van der Waals surface area (Å²) in [6.07, 6.45) is 0. The molecule has 0 saturated heterocycles. The molecule has 19 heavy (non-hydrogen) atoms. The number of hydrogen-bond acceptors (Lipinski definition) is 7. The topological polar surface area (TPSA) is 56.5 Å². The number of aryl methyl sites for hydroxylation is 1. The van der Waals surface area contributed by atoms with Gasteiger partial charge in [0.05, 0.1) is 0 Å². The smallest absolute Gasteiger partial charge is 0.221 e. The van der Waals surface area contributed by atoms with Crippen LogP contribution >= 0.6 is 66.3 Å². The zero-order chi connectivity index (χ0) is 13.4. The molecule has 5 nitrogen and oxygen atoms in total. The molecule has 98 valence electrons. The van der Waals surface area contributed by atoms with E-state index in [9.17, 15) is 0 Å². The van der Waals surface area contributed by atoms with Crippen molar-refractivity contribution >= 4 is 66.3 Å². The number of aromatic nitrogens is 5. The number of halogens is 2. The molecule has 3 heterocycles. The fourth-order valence-electron chi connectivity index (χ4n) is 1.30. The monoisotopic (exact) mass is 437 g/mol. The zero-order valence-corrected chi connectivity index (χ0v) is 15.0. The van der Waals surface area contributed by atoms with Gasteiger partial charge in [-0.05, 0) is 73.1 Å². The predicted molar refractivity (Wildman–Crippen MR) is 83.4 cm³/mol. The van der Waals surface area contributed by atoms with Gasteiger partial charge in [0, 0.05) is 4.88 Å². The summed E-state index contributed by atoms with van der Waals surface area (Å²) in [5.74, 6) is 0. The number of tetrazole rings is 1. The Labute approximate surface area is 137 Å². The molecule has 0 aliphatic rings. The van der Waals surface area contributed by atoms with Crippen LogP contribution in [0.15, 0.2) is 30.0 Å². The number of hydrogen-bond donors (Lipinski definition) is 0. The highest BCUT2D eigenvalue weighted by molar-refractivity contribution is 9.13. The van der Waals surface area contributed by atoms with Gasteiger partial charge in [0.1, 0.15) is 13.4 Å². The van der Waals surface area contributed by atoms with Gasteiger partial charge in [0.15, 0.2) is 4.34 Å². The second kappa shape index (κ2) is 5.60. The molecular weight excluding hydrogens is 434 g/mol. The second-order valence-electron chi connectivity index (χ2n) is 3.40. The van der Waals surface area contributed by atoms with E-state index in [1.54, 1.807) is 16.0 Å². The summed E-state index contributed by atoms with van der Waals surface area (Å²) < 4.78 is 4.36. The van der Waals surface area contributed by atoms with Gasteiger partial charge >= 0.3 is 0 Å². The molecule has 10 heteroatoms. The minimum Gasteiger partial charge on any atom is -0.221 e. The molecule has 0 unspecified atom stereocenters. The maximum atomic E-state index is 4.37. The first kappa shape index (κ1) is 13.7. The summed E-state index contributed by atoms with van der Waals surface area (Å²) in [5, 5.41) is 13.5. The number of nitrogens with zero attached hydrogens (tertiary/aromatic N) is 5. The van der Waals surface area contributed by atoms with E-state index in [-0.39, 0.29) is 0 Å². The second-order valence-corrected chi connectivity index (χ2v) is 8.95. The summed E-state index contributed by atoms with van der Waals surface area (Å²) in [7, 11) is 0. The average molecular weight is 439 g/mol. The standard InChI is InChI=1S/C9H5Br2N5S3/c1-4-2-3-5(17-4)16-8(13-14-15-16)19-9-12-6(10)7(11)18-9/h2-3H,1H3. The molecule has 3 aromatic rings. The molecule has 0 atom stereocenters. The Hall–Kier alpha value is -0.290. The zero-order valence-electron chi connectivity index (χ0n) is 9.37. The molecule has 0 aliphatic carbocycles. The molecule has 0 N–H and O–H groups in total. The van der Waals surface area contributed by atoms with Gasteiger partial charge in [0.25, 0.3) is 0 Å². The van der Waals surface area contributed by atoms with Crippen LogP contribution in [0, 0.1) is 6.92 Å². The van der Waals surface area contributed by atoms with Gasteiger partial charge < -0.3 is 0 Å². The molecule has 0 spiro atoms. The Kier molecular flexibility index (Phi) is 4.03. The lowest BCUT2D eigenvalue weighted by atomic mass is 10.5. The molecule has 0 aliphatic heterocycles. The van der Waals surface area contributed by atoms with E-state index < -0.39 is 0 Å². The van der Waals surface area contributed by atoms with Crippen LogP contribution in [-0.2, 0) is 0 Å². The molecule has 3 rings (SSSR count). The summed E-state index contributed by atoms with van der Waals surface area (Å²) in [6, 6.07) is 4.06. The van der Waals surface area contributed by atoms with Gasteiger partial charge in [0.2, 0.25) is 5.16 Å². The first-order valence-corrected chi connectivity index (χ1v) is 9.02. The van der Waals surface area contributed by atoms with Crippen molar-refractivity contribution in [1.29, 1.82) is 0 Å². The third-order valence-electron chi connectivity index (χ3n) is 2.08. The van der Waals surface area contributed by atoms with Crippen molar-refractivity contribution in [3.05, 3.63) is 25.4 Å². The van der Waals surface area contributed by atoms with Gasteiger partial charge in [-0.2, -0.15) is 4.68 Å². The van der Waals surface area contributed by atoms with E-state index >= 15 is 0 Å². The van der Waals surface area contributed by atoms with Crippen molar-refractivity contribution in [3.63, 3.8) is 0 Å². The van der Waals surface area contributed by atoms with Crippen LogP contribution in [0.25, 0.3) is 5.00 Å². The third kappa shape index (κ3) is 2.92. The largest absolute Gasteiger partial charge is 0.221 e. The highest BCUT2D eigenvalue weighted by Crippen LogP contribution is 2.37. The van der Waals surface area contributed by atoms with Gasteiger partial charge in [-0.1, -0.05) is 11.3 Å². The van der Waals surface area contributed by atoms with E-state index in [0.717, 1.165) is 17.7 Å². The molecule has 0 fully saturated rings. The Morgan fingerprint density at radius 2 is 2.11 bits per heavy atom. The summed E-state index contributed by atoms with van der Waals surface area (Å²) >= 11 is 11.4. The minimum atomic E-state index is 0.704. The van der Waals surface area contributed by atoms with Crippen molar-refractivity contribution in [1.82, 2.24) is 25.2 Å². The first-order chi connectivity index (χ1) is 9.13. The van der Waals surface area contributed by atoms with Crippen molar-refractivity contribution in [2.24, 2.45) is 0 Å². The van der Waals surface area contributed by atoms with Crippen molar-refractivity contribution in [2.45, 2.75) is 16.4 Å². The van der Waals surface area contributed by atoms with Crippen LogP contribution in [0.5, 0.6) is 0 Å². The van der Waals surface area contributed by atoms with Crippen LogP contribution in [0.2, 0.25) is 0 Å². The molecule has 0 aromatic carbocycles. The van der Waals surface area contributed by atoms with E-state index in [4.69, 9.17) is 0 Å². The molecule has 0 amide bonds. The summed E-state index contributed by atoms with van der Waals surface area (Å²) in [5.41, 5.74) is 0. The fraction of sp³-hybridized carbons (Fsp3) is 0.111. The normalized spacial score (nSPS) is 11.1. The molecular formula is C9H5Br2N5S3. The van der Waals surface area contributed by atoms with Crippen LogP contribution in [0.4, 0.5) is 0 Å². The Morgan fingerprint density at radius 3 is 2.74 bits per heavy atom. The maximum Gasteiger partial charge on any atom is 0.221 e. The van der Waals surface area contributed by atoms with E-state index in [2.05, 4.69) is 59.3 Å². The quantitative estimate of drug-likeness (QED) is 0.614. The Morgan fingerprint density at radius 1 is 1.26 bits per heavy atom. The van der Waals surface area contributed by atoms with Crippen LogP contribution in [-0.4, -0.2) is 25.2 Å². The van der Waals surface area contributed by atoms with Gasteiger partial charge in [-0.15, -0.1) is 16.4 Å². The SMILES string of the molecule is Cc1ccc(-n2nnnc2Sc2nc(Br)c(Br)s2)s1. The number of thiophene rings is 1. The number of rotatable bonds is 3. The van der Waals surface area contributed by atoms with Crippen LogP contribution in [0.1, 0.15) is 4.88 Å². The first-order valence-electron chi connectivity index (χ1n) is 4.98. The summed E-state index contributed by atoms with van der Waals surface area (Å²) in [6.45, 7) is 2.06. The predicted octanol–water partition coefficient (Wildman–Crippen LogP) is 4.16. The molecule has 3 aromatic heterocycles. The Bertz CT molecular complexity index is 700. The van der Waals surface area contributed by atoms with Gasteiger partial charge in [-0.25, -0.2) is 4.98 Å². The van der Waals surface area contributed by atoms with Gasteiger partial charge in [-0.3, -0.25) is 0 Å². The minimum absolute atomic E-state index is 0.704. The van der Waals surface area contributed by atoms with Crippen molar-refractivity contribution in [3.8, 4) is 5.00 Å². The number of thiazole rings is 1. The third-order valence-corrected chi connectivity index (χ3v) is 7.13. The van der Waals surface area contributed by atoms with E-state index in [1.807, 2.05) is 12.1 Å². The lowest BCUT2D eigenvalue weighted by Crippen LogP contribution is -1.95. The van der Waals surface area contributed by atoms with Crippen LogP contribution in [0.3, 0.4) is 0 Å². The lowest BCUT2D eigenvalue weighted by Gasteiger charge is -1.98. The maximum absolute atomic E-state index is 4.37. The fourth-order valence-corrected chi connectivity index (χ4v) is 5.35. The highest BCUT2D eigenvalue weighted by Gasteiger charge is 2.15. The molecule has 0 radical (unpaired) electrons. The molecule has 0 saturated carbocycles. The van der Waals surface area contributed by atoms with E-state index in [1.165, 1.54) is 28.0 Å². The average Bonchev–Trinajstić information content (AvgIpc) is 3.03. The summed E-state index contributed by atoms with van der Waals surface area (Å²) in [4.78, 5) is 5.59. The lowest BCUT2D eigenvalue weighted by molar-refractivity contribution is 0.768. The van der Waals surface area contributed by atoms with Crippen molar-refractivity contribution in [2.75, 3.05) is 0 Å². The highest BCUT2D eigenvalue weighted by atomic mass is 79.9.